The van der Waals surface area contributed by atoms with Gasteiger partial charge in [0, 0.05) is 44.0 Å². The van der Waals surface area contributed by atoms with Crippen molar-refractivity contribution in [2.24, 2.45) is 7.05 Å². The van der Waals surface area contributed by atoms with Crippen LogP contribution in [0.3, 0.4) is 0 Å². The van der Waals surface area contributed by atoms with Crippen LogP contribution in [0.25, 0.3) is 0 Å². The molecule has 0 unspecified atom stereocenters. The summed E-state index contributed by atoms with van der Waals surface area (Å²) >= 11 is 1.62. The number of amides is 1. The Hall–Kier alpha value is -1.76. The van der Waals surface area contributed by atoms with E-state index >= 15 is 0 Å². The Labute approximate surface area is 122 Å². The van der Waals surface area contributed by atoms with Gasteiger partial charge in [-0.15, -0.1) is 0 Å². The third-order valence-corrected chi connectivity index (χ3v) is 3.85. The summed E-state index contributed by atoms with van der Waals surface area (Å²) in [6, 6.07) is 0.260. The van der Waals surface area contributed by atoms with Crippen LogP contribution in [0.1, 0.15) is 30.2 Å². The minimum absolute atomic E-state index is 0.0858. The molecule has 2 rings (SSSR count). The Morgan fingerprint density at radius 3 is 2.90 bits per heavy atom. The standard InChI is InChI=1S/C13H19N5OS/c1-10(2)18-9-11(8-16-18)12(19)14-5-7-20-13-15-4-6-17(13)3/h4,6,8-10H,5,7H2,1-3H3,(H,14,19). The lowest BCUT2D eigenvalue weighted by Crippen LogP contribution is -2.25. The van der Waals surface area contributed by atoms with Crippen LogP contribution in [0.2, 0.25) is 0 Å². The van der Waals surface area contributed by atoms with Crippen molar-refractivity contribution in [1.29, 1.82) is 0 Å². The summed E-state index contributed by atoms with van der Waals surface area (Å²) in [6.07, 6.45) is 7.04. The van der Waals surface area contributed by atoms with Crippen LogP contribution in [0.5, 0.6) is 0 Å². The number of carbonyl (C=O) groups is 1. The molecular formula is C13H19N5OS. The lowest BCUT2D eigenvalue weighted by molar-refractivity contribution is 0.0956. The topological polar surface area (TPSA) is 64.7 Å². The molecule has 0 atom stereocenters. The van der Waals surface area contributed by atoms with Crippen LogP contribution < -0.4 is 5.32 Å². The van der Waals surface area contributed by atoms with Crippen LogP contribution in [-0.2, 0) is 7.05 Å². The van der Waals surface area contributed by atoms with E-state index in [4.69, 9.17) is 0 Å². The highest BCUT2D eigenvalue weighted by Gasteiger charge is 2.09. The zero-order valence-corrected chi connectivity index (χ0v) is 12.7. The third-order valence-electron chi connectivity index (χ3n) is 2.79. The molecule has 108 valence electrons. The van der Waals surface area contributed by atoms with Gasteiger partial charge in [0.1, 0.15) is 0 Å². The monoisotopic (exact) mass is 293 g/mol. The van der Waals surface area contributed by atoms with Gasteiger partial charge in [-0.2, -0.15) is 5.10 Å². The molecule has 1 N–H and O–H groups in total. The number of rotatable bonds is 6. The average Bonchev–Trinajstić information content (AvgIpc) is 3.03. The Bertz CT molecular complexity index is 575. The molecule has 0 spiro atoms. The lowest BCUT2D eigenvalue weighted by atomic mass is 10.3. The highest BCUT2D eigenvalue weighted by atomic mass is 32.2. The fourth-order valence-electron chi connectivity index (χ4n) is 1.64. The number of hydrogen-bond acceptors (Lipinski definition) is 4. The van der Waals surface area contributed by atoms with Crippen LogP contribution in [0.4, 0.5) is 0 Å². The first-order valence-electron chi connectivity index (χ1n) is 6.50. The molecule has 2 heterocycles. The molecule has 20 heavy (non-hydrogen) atoms. The predicted octanol–water partition coefficient (Wildman–Crippen LogP) is 1.72. The van der Waals surface area contributed by atoms with Crippen LogP contribution >= 0.6 is 11.8 Å². The molecule has 7 heteroatoms. The molecular weight excluding hydrogens is 274 g/mol. The summed E-state index contributed by atoms with van der Waals surface area (Å²) in [7, 11) is 1.95. The molecule has 1 amide bonds. The Balaban J connectivity index is 1.76. The first kappa shape index (κ1) is 14.6. The fraction of sp³-hybridized carbons (Fsp3) is 0.462. The fourth-order valence-corrected chi connectivity index (χ4v) is 2.42. The average molecular weight is 293 g/mol. The van der Waals surface area contributed by atoms with Gasteiger partial charge in [-0.3, -0.25) is 9.48 Å². The van der Waals surface area contributed by atoms with Gasteiger partial charge >= 0.3 is 0 Å². The van der Waals surface area contributed by atoms with E-state index in [1.54, 1.807) is 35.0 Å². The number of nitrogens with one attached hydrogen (secondary N) is 1. The first-order valence-corrected chi connectivity index (χ1v) is 7.49. The summed E-state index contributed by atoms with van der Waals surface area (Å²) < 4.78 is 3.73. The second-order valence-corrected chi connectivity index (χ2v) is 5.79. The minimum Gasteiger partial charge on any atom is -0.351 e. The van der Waals surface area contributed by atoms with E-state index in [1.165, 1.54) is 0 Å². The number of aryl methyl sites for hydroxylation is 1. The van der Waals surface area contributed by atoms with Crippen molar-refractivity contribution >= 4 is 17.7 Å². The molecule has 2 aromatic heterocycles. The van der Waals surface area contributed by atoms with Crippen molar-refractivity contribution < 1.29 is 4.79 Å². The SMILES string of the molecule is CC(C)n1cc(C(=O)NCCSc2nccn2C)cn1. The normalized spacial score (nSPS) is 11.0. The van der Waals surface area contributed by atoms with E-state index in [-0.39, 0.29) is 11.9 Å². The molecule has 0 bridgehead atoms. The molecule has 0 saturated heterocycles. The van der Waals surface area contributed by atoms with Gasteiger partial charge in [-0.1, -0.05) is 11.8 Å². The zero-order chi connectivity index (χ0) is 14.5. The van der Waals surface area contributed by atoms with Gasteiger partial charge in [0.05, 0.1) is 11.8 Å². The lowest BCUT2D eigenvalue weighted by Gasteiger charge is -2.04. The summed E-state index contributed by atoms with van der Waals surface area (Å²) in [5.74, 6) is 0.701. The summed E-state index contributed by atoms with van der Waals surface area (Å²) in [5.41, 5.74) is 0.598. The molecule has 6 nitrogen and oxygen atoms in total. The molecule has 0 aliphatic carbocycles. The molecule has 0 aliphatic heterocycles. The second kappa shape index (κ2) is 6.60. The first-order chi connectivity index (χ1) is 9.58. The Kier molecular flexibility index (Phi) is 4.84. The minimum atomic E-state index is -0.0858. The van der Waals surface area contributed by atoms with E-state index in [0.29, 0.717) is 12.1 Å². The van der Waals surface area contributed by atoms with Crippen LogP contribution in [0.15, 0.2) is 29.9 Å². The van der Waals surface area contributed by atoms with E-state index in [9.17, 15) is 4.79 Å². The van der Waals surface area contributed by atoms with Gasteiger partial charge in [-0.25, -0.2) is 4.98 Å². The second-order valence-electron chi connectivity index (χ2n) is 4.73. The zero-order valence-electron chi connectivity index (χ0n) is 11.9. The molecule has 0 saturated carbocycles. The van der Waals surface area contributed by atoms with Crippen LogP contribution in [-0.4, -0.2) is 37.5 Å². The highest BCUT2D eigenvalue weighted by Crippen LogP contribution is 2.13. The summed E-state index contributed by atoms with van der Waals surface area (Å²) in [6.45, 7) is 4.65. The maximum absolute atomic E-state index is 11.9. The Morgan fingerprint density at radius 1 is 1.50 bits per heavy atom. The quantitative estimate of drug-likeness (QED) is 0.650. The Morgan fingerprint density at radius 2 is 2.30 bits per heavy atom. The number of thioether (sulfide) groups is 1. The van der Waals surface area contributed by atoms with E-state index in [2.05, 4.69) is 15.4 Å². The predicted molar refractivity (Wildman–Crippen MR) is 78.9 cm³/mol. The van der Waals surface area contributed by atoms with Crippen molar-refractivity contribution in [3.8, 4) is 0 Å². The number of imidazole rings is 1. The number of nitrogens with zero attached hydrogens (tertiary/aromatic N) is 4. The van der Waals surface area contributed by atoms with Crippen LogP contribution in [0, 0.1) is 0 Å². The van der Waals surface area contributed by atoms with Crippen molar-refractivity contribution in [2.45, 2.75) is 25.0 Å². The van der Waals surface area contributed by atoms with Gasteiger partial charge in [0.25, 0.3) is 5.91 Å². The maximum Gasteiger partial charge on any atom is 0.254 e. The molecule has 0 fully saturated rings. The van der Waals surface area contributed by atoms with Crippen molar-refractivity contribution in [3.05, 3.63) is 30.4 Å². The van der Waals surface area contributed by atoms with Crippen molar-refractivity contribution in [1.82, 2.24) is 24.6 Å². The number of carbonyl (C=O) groups excluding carboxylic acids is 1. The summed E-state index contributed by atoms with van der Waals surface area (Å²) in [5, 5.41) is 7.99. The summed E-state index contributed by atoms with van der Waals surface area (Å²) in [4.78, 5) is 16.1. The molecule has 0 radical (unpaired) electrons. The van der Waals surface area contributed by atoms with Crippen molar-refractivity contribution in [3.63, 3.8) is 0 Å². The smallest absolute Gasteiger partial charge is 0.254 e. The van der Waals surface area contributed by atoms with Gasteiger partial charge in [-0.05, 0) is 13.8 Å². The molecule has 0 aliphatic rings. The highest BCUT2D eigenvalue weighted by molar-refractivity contribution is 7.99. The van der Waals surface area contributed by atoms with E-state index in [1.807, 2.05) is 31.7 Å². The van der Waals surface area contributed by atoms with Crippen molar-refractivity contribution in [2.75, 3.05) is 12.3 Å². The van der Waals surface area contributed by atoms with E-state index < -0.39 is 0 Å². The molecule has 0 aromatic carbocycles. The molecule has 2 aromatic rings. The van der Waals surface area contributed by atoms with Gasteiger partial charge in [0.2, 0.25) is 0 Å². The largest absolute Gasteiger partial charge is 0.351 e. The van der Waals surface area contributed by atoms with E-state index in [0.717, 1.165) is 10.9 Å². The van der Waals surface area contributed by atoms with Gasteiger partial charge in [0.15, 0.2) is 5.16 Å². The van der Waals surface area contributed by atoms with Gasteiger partial charge < -0.3 is 9.88 Å². The number of aromatic nitrogens is 4. The maximum atomic E-state index is 11.9. The third kappa shape index (κ3) is 3.63. The number of hydrogen-bond donors (Lipinski definition) is 1.